The fourth-order valence-electron chi connectivity index (χ4n) is 4.01. The normalized spacial score (nSPS) is 14.8. The van der Waals surface area contributed by atoms with Gasteiger partial charge in [0, 0.05) is 48.3 Å². The molecule has 0 atom stereocenters. The second-order valence-corrected chi connectivity index (χ2v) is 7.73. The molecule has 1 aromatic carbocycles. The smallest absolute Gasteiger partial charge is 0.217 e. The maximum Gasteiger partial charge on any atom is 0.217 e. The molecule has 158 valence electrons. The summed E-state index contributed by atoms with van der Waals surface area (Å²) in [6.07, 6.45) is 6.72. The zero-order valence-electron chi connectivity index (χ0n) is 16.6. The van der Waals surface area contributed by atoms with Crippen LogP contribution < -0.4 is 10.6 Å². The first-order valence-electron chi connectivity index (χ1n) is 10.1. The van der Waals surface area contributed by atoms with E-state index >= 15 is 0 Å². The zero-order valence-corrected chi connectivity index (χ0v) is 16.6. The van der Waals surface area contributed by atoms with E-state index in [9.17, 15) is 18.0 Å². The fraction of sp³-hybridized carbons (Fsp3) is 0.364. The van der Waals surface area contributed by atoms with Crippen LogP contribution in [0.1, 0.15) is 44.6 Å². The van der Waals surface area contributed by atoms with Gasteiger partial charge in [-0.25, -0.2) is 18.2 Å². The van der Waals surface area contributed by atoms with E-state index in [2.05, 4.69) is 20.6 Å². The van der Waals surface area contributed by atoms with Crippen LogP contribution in [0.5, 0.6) is 0 Å². The van der Waals surface area contributed by atoms with Gasteiger partial charge in [-0.1, -0.05) is 19.3 Å². The average Bonchev–Trinajstić information content (AvgIpc) is 3.12. The van der Waals surface area contributed by atoms with Crippen LogP contribution in [-0.4, -0.2) is 21.9 Å². The van der Waals surface area contributed by atoms with E-state index in [1.165, 1.54) is 31.7 Å². The Bertz CT molecular complexity index is 1090. The summed E-state index contributed by atoms with van der Waals surface area (Å²) in [6.45, 7) is 1.40. The number of rotatable bonds is 5. The maximum absolute atomic E-state index is 14.8. The number of aromatic amines is 1. The van der Waals surface area contributed by atoms with E-state index in [4.69, 9.17) is 0 Å². The number of fused-ring (bicyclic) bond motifs is 1. The van der Waals surface area contributed by atoms with Crippen molar-refractivity contribution in [2.45, 2.75) is 51.6 Å². The van der Waals surface area contributed by atoms with Crippen molar-refractivity contribution in [3.8, 4) is 11.3 Å². The summed E-state index contributed by atoms with van der Waals surface area (Å²) >= 11 is 0. The van der Waals surface area contributed by atoms with Gasteiger partial charge in [-0.05, 0) is 25.0 Å². The zero-order chi connectivity index (χ0) is 21.3. The van der Waals surface area contributed by atoms with Gasteiger partial charge in [0.2, 0.25) is 5.91 Å². The van der Waals surface area contributed by atoms with Crippen LogP contribution in [0.2, 0.25) is 0 Å². The Kier molecular flexibility index (Phi) is 5.65. The number of hydrogen-bond acceptors (Lipinski definition) is 3. The standard InChI is InChI=1S/C22H23F3N4O/c1-12(30)26-10-13-7-19(25)22(28-15-5-3-2-4-6-15)29-20(13)17-11-27-21-16(17)8-14(23)9-18(21)24/h7-9,11,15,27H,2-6,10H2,1H3,(H,26,30)(H,28,29). The first-order valence-corrected chi connectivity index (χ1v) is 10.1. The number of nitrogens with one attached hydrogen (secondary N) is 3. The molecule has 2 aromatic heterocycles. The highest BCUT2D eigenvalue weighted by molar-refractivity contribution is 5.96. The van der Waals surface area contributed by atoms with Gasteiger partial charge in [0.25, 0.3) is 0 Å². The van der Waals surface area contributed by atoms with Crippen LogP contribution in [-0.2, 0) is 11.3 Å². The van der Waals surface area contributed by atoms with Crippen LogP contribution in [0.15, 0.2) is 24.4 Å². The van der Waals surface area contributed by atoms with Crippen LogP contribution in [0.25, 0.3) is 22.2 Å². The van der Waals surface area contributed by atoms with Crippen LogP contribution >= 0.6 is 0 Å². The van der Waals surface area contributed by atoms with Crippen LogP contribution in [0.3, 0.4) is 0 Å². The second kappa shape index (κ2) is 8.38. The van der Waals surface area contributed by atoms with Crippen molar-refractivity contribution < 1.29 is 18.0 Å². The molecule has 3 N–H and O–H groups in total. The van der Waals surface area contributed by atoms with E-state index in [0.717, 1.165) is 31.7 Å². The SMILES string of the molecule is CC(=O)NCc1cc(F)c(NC2CCCCC2)nc1-c1c[nH]c2c(F)cc(F)cc12. The van der Waals surface area contributed by atoms with Gasteiger partial charge in [0.05, 0.1) is 11.2 Å². The van der Waals surface area contributed by atoms with Gasteiger partial charge in [-0.15, -0.1) is 0 Å². The molecule has 1 amide bonds. The number of amides is 1. The number of aromatic nitrogens is 2. The van der Waals surface area contributed by atoms with E-state index in [1.54, 1.807) is 0 Å². The summed E-state index contributed by atoms with van der Waals surface area (Å²) in [5, 5.41) is 6.13. The van der Waals surface area contributed by atoms with Crippen LogP contribution in [0.4, 0.5) is 19.0 Å². The molecule has 0 spiro atoms. The highest BCUT2D eigenvalue weighted by Crippen LogP contribution is 2.34. The predicted octanol–water partition coefficient (Wildman–Crippen LogP) is 5.03. The number of benzene rings is 1. The highest BCUT2D eigenvalue weighted by atomic mass is 19.1. The molecule has 0 aliphatic heterocycles. The molecule has 30 heavy (non-hydrogen) atoms. The number of anilines is 1. The van der Waals surface area contributed by atoms with Gasteiger partial charge in [-0.2, -0.15) is 0 Å². The Morgan fingerprint density at radius 3 is 2.63 bits per heavy atom. The summed E-state index contributed by atoms with van der Waals surface area (Å²) in [5.74, 6) is -2.13. The lowest BCUT2D eigenvalue weighted by atomic mass is 9.95. The molecule has 3 aromatic rings. The van der Waals surface area contributed by atoms with E-state index < -0.39 is 17.5 Å². The fourth-order valence-corrected chi connectivity index (χ4v) is 4.01. The van der Waals surface area contributed by atoms with Crippen molar-refractivity contribution >= 4 is 22.6 Å². The van der Waals surface area contributed by atoms with Gasteiger partial charge < -0.3 is 15.6 Å². The molecular weight excluding hydrogens is 393 g/mol. The number of H-pyrrole nitrogens is 1. The lowest BCUT2D eigenvalue weighted by molar-refractivity contribution is -0.119. The summed E-state index contributed by atoms with van der Waals surface area (Å²) in [6, 6.07) is 3.46. The summed E-state index contributed by atoms with van der Waals surface area (Å²) in [5.41, 5.74) is 1.36. The van der Waals surface area contributed by atoms with Gasteiger partial charge in [0.15, 0.2) is 11.6 Å². The van der Waals surface area contributed by atoms with Crippen molar-refractivity contribution in [1.82, 2.24) is 15.3 Å². The number of pyridine rings is 1. The lowest BCUT2D eigenvalue weighted by Gasteiger charge is -2.24. The van der Waals surface area contributed by atoms with E-state index in [1.807, 2.05) is 0 Å². The topological polar surface area (TPSA) is 69.8 Å². The molecule has 1 aliphatic carbocycles. The minimum Gasteiger partial charge on any atom is -0.365 e. The molecular formula is C22H23F3N4O. The average molecular weight is 416 g/mol. The highest BCUT2D eigenvalue weighted by Gasteiger charge is 2.21. The first-order chi connectivity index (χ1) is 14.4. The van der Waals surface area contributed by atoms with E-state index in [0.29, 0.717) is 22.2 Å². The third-order valence-electron chi connectivity index (χ3n) is 5.49. The number of nitrogens with zero attached hydrogens (tertiary/aromatic N) is 1. The Morgan fingerprint density at radius 1 is 1.13 bits per heavy atom. The number of carbonyl (C=O) groups is 1. The van der Waals surface area contributed by atoms with Crippen molar-refractivity contribution in [3.05, 3.63) is 47.4 Å². The Labute approximate surface area is 172 Å². The lowest BCUT2D eigenvalue weighted by Crippen LogP contribution is -2.24. The monoisotopic (exact) mass is 416 g/mol. The molecule has 1 fully saturated rings. The number of hydrogen-bond donors (Lipinski definition) is 3. The molecule has 0 saturated heterocycles. The minimum atomic E-state index is -0.720. The van der Waals surface area contributed by atoms with Gasteiger partial charge >= 0.3 is 0 Å². The molecule has 0 bridgehead atoms. The predicted molar refractivity (Wildman–Crippen MR) is 109 cm³/mol. The van der Waals surface area contributed by atoms with E-state index in [-0.39, 0.29) is 29.8 Å². The van der Waals surface area contributed by atoms with Gasteiger partial charge in [0.1, 0.15) is 11.6 Å². The molecule has 1 aliphatic rings. The van der Waals surface area contributed by atoms with Crippen molar-refractivity contribution in [3.63, 3.8) is 0 Å². The minimum absolute atomic E-state index is 0.0444. The number of carbonyl (C=O) groups excluding carboxylic acids is 1. The summed E-state index contributed by atoms with van der Waals surface area (Å²) in [4.78, 5) is 18.7. The Balaban J connectivity index is 1.81. The summed E-state index contributed by atoms with van der Waals surface area (Å²) < 4.78 is 42.9. The first kappa shape index (κ1) is 20.3. The quantitative estimate of drug-likeness (QED) is 0.547. The third-order valence-corrected chi connectivity index (χ3v) is 5.49. The van der Waals surface area contributed by atoms with Gasteiger partial charge in [-0.3, -0.25) is 4.79 Å². The van der Waals surface area contributed by atoms with Crippen molar-refractivity contribution in [1.29, 1.82) is 0 Å². The molecule has 0 unspecified atom stereocenters. The second-order valence-electron chi connectivity index (χ2n) is 7.73. The third kappa shape index (κ3) is 4.13. The van der Waals surface area contributed by atoms with Crippen LogP contribution in [0, 0.1) is 17.5 Å². The maximum atomic E-state index is 14.8. The van der Waals surface area contributed by atoms with Crippen molar-refractivity contribution in [2.75, 3.05) is 5.32 Å². The molecule has 1 saturated carbocycles. The molecule has 8 heteroatoms. The molecule has 0 radical (unpaired) electrons. The number of halogens is 3. The van der Waals surface area contributed by atoms with Crippen molar-refractivity contribution in [2.24, 2.45) is 0 Å². The molecule has 5 nitrogen and oxygen atoms in total. The Morgan fingerprint density at radius 2 is 1.90 bits per heavy atom. The summed E-state index contributed by atoms with van der Waals surface area (Å²) in [7, 11) is 0. The molecule has 2 heterocycles. The molecule has 4 rings (SSSR count). The Hall–Kier alpha value is -3.03. The largest absolute Gasteiger partial charge is 0.365 e.